The van der Waals surface area contributed by atoms with Gasteiger partial charge in [-0.05, 0) is 110 Å². The third-order valence-corrected chi connectivity index (χ3v) is 13.4. The topological polar surface area (TPSA) is 38.7 Å². The van der Waals surface area contributed by atoms with E-state index in [1.54, 1.807) is 0 Å². The predicted molar refractivity (Wildman–Crippen MR) is 131 cm³/mol. The first kappa shape index (κ1) is 23.3. The van der Waals surface area contributed by atoms with E-state index in [1.807, 2.05) is 0 Å². The van der Waals surface area contributed by atoms with Crippen LogP contribution in [0, 0.1) is 63.6 Å². The van der Waals surface area contributed by atoms with Crippen LogP contribution in [-0.4, -0.2) is 30.2 Å². The molecule has 1 heterocycles. The van der Waals surface area contributed by atoms with Crippen molar-refractivity contribution in [3.63, 3.8) is 0 Å². The molecule has 5 saturated carbocycles. The van der Waals surface area contributed by atoms with Crippen molar-refractivity contribution < 1.29 is 14.6 Å². The smallest absolute Gasteiger partial charge is 0.175 e. The van der Waals surface area contributed by atoms with Gasteiger partial charge in [0.15, 0.2) is 5.79 Å². The number of hydrogen-bond donors (Lipinski definition) is 1. The first-order valence-electron chi connectivity index (χ1n) is 14.6. The Kier molecular flexibility index (Phi) is 5.26. The lowest BCUT2D eigenvalue weighted by Gasteiger charge is -2.63. The molecule has 188 valence electrons. The van der Waals surface area contributed by atoms with Crippen molar-refractivity contribution in [2.45, 2.75) is 111 Å². The lowest BCUT2D eigenvalue weighted by atomic mass is 9.44. The highest BCUT2D eigenvalue weighted by Crippen LogP contribution is 2.85. The van der Waals surface area contributed by atoms with Gasteiger partial charge in [0.1, 0.15) is 0 Å². The lowest BCUT2D eigenvalue weighted by Crippen LogP contribution is -2.62. The van der Waals surface area contributed by atoms with E-state index in [9.17, 15) is 5.11 Å². The summed E-state index contributed by atoms with van der Waals surface area (Å²) in [4.78, 5) is 0. The Labute approximate surface area is 202 Å². The van der Waals surface area contributed by atoms with E-state index in [0.29, 0.717) is 39.9 Å². The second-order valence-electron chi connectivity index (χ2n) is 14.5. The molecule has 0 unspecified atom stereocenters. The van der Waals surface area contributed by atoms with Gasteiger partial charge in [-0.3, -0.25) is 0 Å². The molecular formula is C30H50O3. The summed E-state index contributed by atoms with van der Waals surface area (Å²) in [6.45, 7) is 16.1. The summed E-state index contributed by atoms with van der Waals surface area (Å²) >= 11 is 0. The van der Waals surface area contributed by atoms with E-state index < -0.39 is 0 Å². The molecular weight excluding hydrogens is 408 g/mol. The third kappa shape index (κ3) is 2.85. The van der Waals surface area contributed by atoms with E-state index in [1.165, 1.54) is 44.9 Å². The van der Waals surface area contributed by atoms with Gasteiger partial charge in [0.2, 0.25) is 0 Å². The summed E-state index contributed by atoms with van der Waals surface area (Å²) < 4.78 is 13.3. The SMILES string of the molecule is CC(C)[C@H](C)C[C@@H](O)[C@@H](C)[C@H]1CC[C@H]2[C@@H]3CC4(OCCO4)[C@]45C[C@H]4CC[C@]5(C)[C@H]3CC[C@]12C. The zero-order chi connectivity index (χ0) is 23.4. The van der Waals surface area contributed by atoms with Crippen molar-refractivity contribution in [1.82, 2.24) is 0 Å². The molecule has 6 fully saturated rings. The van der Waals surface area contributed by atoms with Crippen LogP contribution >= 0.6 is 0 Å². The lowest BCUT2D eigenvalue weighted by molar-refractivity contribution is -0.294. The van der Waals surface area contributed by atoms with Crippen molar-refractivity contribution in [2.75, 3.05) is 13.2 Å². The van der Waals surface area contributed by atoms with Crippen molar-refractivity contribution in [2.24, 2.45) is 63.6 Å². The van der Waals surface area contributed by atoms with Gasteiger partial charge < -0.3 is 14.6 Å². The molecule has 0 aromatic carbocycles. The minimum absolute atomic E-state index is 0.164. The number of aliphatic hydroxyl groups is 1. The normalized spacial score (nSPS) is 52.2. The van der Waals surface area contributed by atoms with Gasteiger partial charge in [-0.25, -0.2) is 0 Å². The van der Waals surface area contributed by atoms with Gasteiger partial charge >= 0.3 is 0 Å². The van der Waals surface area contributed by atoms with Crippen LogP contribution in [0.2, 0.25) is 0 Å². The average Bonchev–Trinajstić information content (AvgIpc) is 3.04. The summed E-state index contributed by atoms with van der Waals surface area (Å²) in [7, 11) is 0. The van der Waals surface area contributed by atoms with Crippen LogP contribution in [-0.2, 0) is 9.47 Å². The fraction of sp³-hybridized carbons (Fsp3) is 1.00. The zero-order valence-corrected chi connectivity index (χ0v) is 22.2. The number of hydrogen-bond acceptors (Lipinski definition) is 3. The highest BCUT2D eigenvalue weighted by Gasteiger charge is 2.83. The maximum absolute atomic E-state index is 11.3. The molecule has 5 aliphatic carbocycles. The quantitative estimate of drug-likeness (QED) is 0.499. The number of ether oxygens (including phenoxy) is 2. The Balaban J connectivity index is 1.27. The second-order valence-corrected chi connectivity index (χ2v) is 14.5. The Morgan fingerprint density at radius 1 is 0.879 bits per heavy atom. The largest absolute Gasteiger partial charge is 0.393 e. The molecule has 3 heteroatoms. The van der Waals surface area contributed by atoms with Crippen LogP contribution in [0.5, 0.6) is 0 Å². The molecule has 3 nitrogen and oxygen atoms in total. The molecule has 6 rings (SSSR count). The highest BCUT2D eigenvalue weighted by molar-refractivity contribution is 5.29. The second kappa shape index (κ2) is 7.45. The van der Waals surface area contributed by atoms with Gasteiger partial charge in [0.25, 0.3) is 0 Å². The summed E-state index contributed by atoms with van der Waals surface area (Å²) in [6, 6.07) is 0. The van der Waals surface area contributed by atoms with Crippen molar-refractivity contribution in [1.29, 1.82) is 0 Å². The maximum Gasteiger partial charge on any atom is 0.175 e. The van der Waals surface area contributed by atoms with E-state index in [4.69, 9.17) is 9.47 Å². The van der Waals surface area contributed by atoms with Crippen molar-refractivity contribution in [3.8, 4) is 0 Å². The minimum atomic E-state index is -0.280. The van der Waals surface area contributed by atoms with Gasteiger partial charge in [0, 0.05) is 11.8 Å². The summed E-state index contributed by atoms with van der Waals surface area (Å²) in [5, 5.41) is 11.3. The molecule has 0 aromatic rings. The van der Waals surface area contributed by atoms with Gasteiger partial charge in [-0.15, -0.1) is 0 Å². The average molecular weight is 459 g/mol. The zero-order valence-electron chi connectivity index (χ0n) is 22.2. The fourth-order valence-corrected chi connectivity index (χ4v) is 11.2. The van der Waals surface area contributed by atoms with E-state index in [2.05, 4.69) is 41.5 Å². The molecule has 2 spiro atoms. The standard InChI is InChI=1S/C30H50O3/c1-18(2)19(3)15-26(31)20(4)23-7-8-24-22-17-30(32-13-14-33-30)29-16-21(29)9-12-28(29,6)25(22)10-11-27(23,24)5/h18-26,31H,7-17H2,1-6H3/t19-,20+,21-,22+,23-,24+,25+,26-,27-,28-,29-/m1/s1. The van der Waals surface area contributed by atoms with Crippen LogP contribution in [0.15, 0.2) is 0 Å². The Hall–Kier alpha value is -0.120. The van der Waals surface area contributed by atoms with Crippen LogP contribution in [0.25, 0.3) is 0 Å². The maximum atomic E-state index is 11.3. The molecule has 0 aromatic heterocycles. The number of aliphatic hydroxyl groups excluding tert-OH is 1. The Bertz CT molecular complexity index is 773. The third-order valence-electron chi connectivity index (χ3n) is 13.4. The van der Waals surface area contributed by atoms with E-state index in [0.717, 1.165) is 49.7 Å². The van der Waals surface area contributed by atoms with Crippen molar-refractivity contribution in [3.05, 3.63) is 0 Å². The van der Waals surface area contributed by atoms with Crippen LogP contribution < -0.4 is 0 Å². The van der Waals surface area contributed by atoms with Crippen LogP contribution in [0.1, 0.15) is 99.3 Å². The van der Waals surface area contributed by atoms with Crippen LogP contribution in [0.3, 0.4) is 0 Å². The fourth-order valence-electron chi connectivity index (χ4n) is 11.2. The molecule has 0 amide bonds. The van der Waals surface area contributed by atoms with Gasteiger partial charge in [-0.1, -0.05) is 41.5 Å². The molecule has 1 saturated heterocycles. The molecule has 1 N–H and O–H groups in total. The minimum Gasteiger partial charge on any atom is -0.393 e. The molecule has 33 heavy (non-hydrogen) atoms. The van der Waals surface area contributed by atoms with Crippen molar-refractivity contribution >= 4 is 0 Å². The summed E-state index contributed by atoms with van der Waals surface area (Å²) in [5.41, 5.74) is 1.09. The molecule has 11 atom stereocenters. The monoisotopic (exact) mass is 458 g/mol. The highest BCUT2D eigenvalue weighted by atomic mass is 16.7. The number of rotatable bonds is 5. The molecule has 1 aliphatic heterocycles. The van der Waals surface area contributed by atoms with Crippen LogP contribution in [0.4, 0.5) is 0 Å². The molecule has 6 aliphatic rings. The van der Waals surface area contributed by atoms with Gasteiger partial charge in [-0.2, -0.15) is 0 Å². The van der Waals surface area contributed by atoms with Gasteiger partial charge in [0.05, 0.1) is 19.3 Å². The first-order chi connectivity index (χ1) is 15.6. The van der Waals surface area contributed by atoms with E-state index in [-0.39, 0.29) is 11.9 Å². The first-order valence-corrected chi connectivity index (χ1v) is 14.6. The number of fused-ring (bicyclic) bond motifs is 4. The molecule has 0 radical (unpaired) electrons. The molecule has 0 bridgehead atoms. The summed E-state index contributed by atoms with van der Waals surface area (Å²) in [5.74, 6) is 5.21. The Morgan fingerprint density at radius 3 is 2.27 bits per heavy atom. The van der Waals surface area contributed by atoms with E-state index >= 15 is 0 Å². The predicted octanol–water partition coefficient (Wildman–Crippen LogP) is 6.68. The summed E-state index contributed by atoms with van der Waals surface area (Å²) in [6.07, 6.45) is 11.5. The Morgan fingerprint density at radius 2 is 1.61 bits per heavy atom.